The monoisotopic (exact) mass is 224 g/mol. The molecule has 0 amide bonds. The molecule has 0 saturated heterocycles. The van der Waals surface area contributed by atoms with Gasteiger partial charge < -0.3 is 5.11 Å². The number of rotatable bonds is 3. The predicted octanol–water partition coefficient (Wildman–Crippen LogP) is 3.53. The fourth-order valence-electron chi connectivity index (χ4n) is 1.96. The summed E-state index contributed by atoms with van der Waals surface area (Å²) in [5.41, 5.74) is 3.47. The van der Waals surface area contributed by atoms with Crippen molar-refractivity contribution in [3.63, 3.8) is 0 Å². The lowest BCUT2D eigenvalue weighted by atomic mass is 9.86. The van der Waals surface area contributed by atoms with E-state index in [1.807, 2.05) is 6.08 Å². The Morgan fingerprint density at radius 2 is 2.13 bits per heavy atom. The van der Waals surface area contributed by atoms with Crippen molar-refractivity contribution in [3.8, 4) is 0 Å². The van der Waals surface area contributed by atoms with Gasteiger partial charge in [-0.05, 0) is 30.8 Å². The van der Waals surface area contributed by atoms with Crippen LogP contribution in [0.15, 0.2) is 23.4 Å². The zero-order valence-corrected chi connectivity index (χ0v) is 11.5. The first kappa shape index (κ1) is 12.7. The van der Waals surface area contributed by atoms with Gasteiger partial charge in [0.25, 0.3) is 0 Å². The molecule has 1 aliphatic carbocycles. The molecular formula is C13H24OSi. The number of aliphatic hydroxyl groups is 1. The minimum absolute atomic E-state index is 0.341. The van der Waals surface area contributed by atoms with Gasteiger partial charge >= 0.3 is 0 Å². The summed E-state index contributed by atoms with van der Waals surface area (Å²) in [6.07, 6.45) is 7.52. The van der Waals surface area contributed by atoms with Crippen molar-refractivity contribution in [1.82, 2.24) is 0 Å². The van der Waals surface area contributed by atoms with Crippen LogP contribution in [0, 0.1) is 5.92 Å². The van der Waals surface area contributed by atoms with Crippen LogP contribution in [-0.4, -0.2) is 19.3 Å². The minimum Gasteiger partial charge on any atom is -0.385 e. The fourth-order valence-corrected chi connectivity index (χ4v) is 2.72. The highest BCUT2D eigenvalue weighted by Crippen LogP contribution is 2.27. The Morgan fingerprint density at radius 1 is 1.47 bits per heavy atom. The van der Waals surface area contributed by atoms with Crippen molar-refractivity contribution in [2.45, 2.75) is 51.9 Å². The van der Waals surface area contributed by atoms with E-state index in [-0.39, 0.29) is 6.10 Å². The van der Waals surface area contributed by atoms with Crippen molar-refractivity contribution < 1.29 is 5.11 Å². The van der Waals surface area contributed by atoms with Gasteiger partial charge in [-0.15, -0.1) is 0 Å². The van der Waals surface area contributed by atoms with Crippen LogP contribution in [0.1, 0.15) is 26.2 Å². The third kappa shape index (κ3) is 4.35. The molecule has 0 heterocycles. The molecular weight excluding hydrogens is 200 g/mol. The number of hydrogen-bond donors (Lipinski definition) is 1. The van der Waals surface area contributed by atoms with Crippen LogP contribution in [0.2, 0.25) is 19.6 Å². The van der Waals surface area contributed by atoms with Crippen LogP contribution in [-0.2, 0) is 0 Å². The Hall–Kier alpha value is -0.343. The summed E-state index contributed by atoms with van der Waals surface area (Å²) in [5.74, 6) is 0.556. The summed E-state index contributed by atoms with van der Waals surface area (Å²) < 4.78 is 0. The Bertz CT molecular complexity index is 260. The van der Waals surface area contributed by atoms with E-state index in [2.05, 4.69) is 38.3 Å². The van der Waals surface area contributed by atoms with Crippen molar-refractivity contribution >= 4 is 8.07 Å². The number of allylic oxidation sites excluding steroid dienone is 1. The van der Waals surface area contributed by atoms with E-state index in [9.17, 15) is 5.11 Å². The largest absolute Gasteiger partial charge is 0.385 e. The van der Waals surface area contributed by atoms with E-state index in [0.717, 1.165) is 6.42 Å². The SMILES string of the molecule is CC1CCCC=C1C(O)/C=C/[Si](C)(C)C. The molecule has 1 aliphatic rings. The molecule has 1 nitrogen and oxygen atoms in total. The predicted molar refractivity (Wildman–Crippen MR) is 69.6 cm³/mol. The summed E-state index contributed by atoms with van der Waals surface area (Å²) >= 11 is 0. The summed E-state index contributed by atoms with van der Waals surface area (Å²) in [7, 11) is -1.17. The van der Waals surface area contributed by atoms with Crippen LogP contribution in [0.4, 0.5) is 0 Å². The van der Waals surface area contributed by atoms with Gasteiger partial charge in [0, 0.05) is 0 Å². The third-order valence-corrected chi connectivity index (χ3v) is 4.10. The summed E-state index contributed by atoms with van der Waals surface area (Å²) in [5, 5.41) is 10.1. The Kier molecular flexibility index (Phi) is 4.35. The fraction of sp³-hybridized carbons (Fsp3) is 0.692. The van der Waals surface area contributed by atoms with Gasteiger partial charge in [0.1, 0.15) is 0 Å². The molecule has 0 spiro atoms. The van der Waals surface area contributed by atoms with Gasteiger partial charge in [-0.2, -0.15) is 0 Å². The Balaban J connectivity index is 2.64. The lowest BCUT2D eigenvalue weighted by molar-refractivity contribution is 0.239. The first-order chi connectivity index (χ1) is 6.90. The lowest BCUT2D eigenvalue weighted by Crippen LogP contribution is -2.20. The summed E-state index contributed by atoms with van der Waals surface area (Å²) in [6.45, 7) is 9.08. The molecule has 1 rings (SSSR count). The van der Waals surface area contributed by atoms with Crippen molar-refractivity contribution in [3.05, 3.63) is 23.4 Å². The van der Waals surface area contributed by atoms with Gasteiger partial charge in [0.2, 0.25) is 0 Å². The van der Waals surface area contributed by atoms with Crippen molar-refractivity contribution in [1.29, 1.82) is 0 Å². The second kappa shape index (κ2) is 5.13. The van der Waals surface area contributed by atoms with Gasteiger partial charge in [-0.25, -0.2) is 0 Å². The highest BCUT2D eigenvalue weighted by atomic mass is 28.3. The van der Waals surface area contributed by atoms with Crippen LogP contribution in [0.3, 0.4) is 0 Å². The topological polar surface area (TPSA) is 20.2 Å². The molecule has 0 fully saturated rings. The summed E-state index contributed by atoms with van der Waals surface area (Å²) in [6, 6.07) is 0. The average Bonchev–Trinajstić information content (AvgIpc) is 2.14. The molecule has 1 N–H and O–H groups in total. The Labute approximate surface area is 94.9 Å². The van der Waals surface area contributed by atoms with Crippen LogP contribution in [0.25, 0.3) is 0 Å². The lowest BCUT2D eigenvalue weighted by Gasteiger charge is -2.23. The highest BCUT2D eigenvalue weighted by molar-refractivity contribution is 6.80. The van der Waals surface area contributed by atoms with E-state index >= 15 is 0 Å². The van der Waals surface area contributed by atoms with Gasteiger partial charge in [-0.3, -0.25) is 0 Å². The maximum atomic E-state index is 10.1. The normalized spacial score (nSPS) is 25.4. The average molecular weight is 224 g/mol. The smallest absolute Gasteiger partial charge is 0.0930 e. The number of hydrogen-bond acceptors (Lipinski definition) is 1. The van der Waals surface area contributed by atoms with Gasteiger partial charge in [0.15, 0.2) is 0 Å². The molecule has 2 unspecified atom stereocenters. The molecule has 0 aromatic carbocycles. The molecule has 0 saturated carbocycles. The molecule has 2 heteroatoms. The molecule has 0 aliphatic heterocycles. The van der Waals surface area contributed by atoms with Gasteiger partial charge in [0.05, 0.1) is 14.2 Å². The summed E-state index contributed by atoms with van der Waals surface area (Å²) in [4.78, 5) is 0. The van der Waals surface area contributed by atoms with E-state index in [4.69, 9.17) is 0 Å². The molecule has 0 aromatic heterocycles. The zero-order chi connectivity index (χ0) is 11.5. The zero-order valence-electron chi connectivity index (χ0n) is 10.5. The van der Waals surface area contributed by atoms with Crippen molar-refractivity contribution in [2.24, 2.45) is 5.92 Å². The van der Waals surface area contributed by atoms with E-state index in [1.165, 1.54) is 18.4 Å². The molecule has 0 radical (unpaired) electrons. The maximum Gasteiger partial charge on any atom is 0.0930 e. The third-order valence-electron chi connectivity index (χ3n) is 2.91. The molecule has 0 bridgehead atoms. The first-order valence-corrected chi connectivity index (χ1v) is 9.55. The number of aliphatic hydroxyl groups excluding tert-OH is 1. The second-order valence-corrected chi connectivity index (χ2v) is 10.8. The first-order valence-electron chi connectivity index (χ1n) is 5.97. The van der Waals surface area contributed by atoms with Gasteiger partial charge in [-0.1, -0.05) is 44.4 Å². The quantitative estimate of drug-likeness (QED) is 0.574. The van der Waals surface area contributed by atoms with E-state index in [0.29, 0.717) is 5.92 Å². The van der Waals surface area contributed by atoms with Crippen LogP contribution in [0.5, 0.6) is 0 Å². The molecule has 0 aromatic rings. The highest BCUT2D eigenvalue weighted by Gasteiger charge is 2.18. The maximum absolute atomic E-state index is 10.1. The van der Waals surface area contributed by atoms with E-state index in [1.54, 1.807) is 0 Å². The van der Waals surface area contributed by atoms with Crippen molar-refractivity contribution in [2.75, 3.05) is 0 Å². The minimum atomic E-state index is -1.17. The van der Waals surface area contributed by atoms with E-state index < -0.39 is 8.07 Å². The second-order valence-electron chi connectivity index (χ2n) is 5.71. The molecule has 86 valence electrons. The van der Waals surface area contributed by atoms with Crippen LogP contribution < -0.4 is 0 Å². The standard InChI is InChI=1S/C13H24OSi/c1-11-7-5-6-8-12(11)13(14)9-10-15(2,3)4/h8-11,13-14H,5-7H2,1-4H3/b10-9+. The molecule has 15 heavy (non-hydrogen) atoms. The molecule has 2 atom stereocenters. The Morgan fingerprint density at radius 3 is 2.67 bits per heavy atom. The van der Waals surface area contributed by atoms with Crippen LogP contribution >= 0.6 is 0 Å².